The molecule has 0 rings (SSSR count). The van der Waals surface area contributed by atoms with Crippen LogP contribution in [0.5, 0.6) is 0 Å². The van der Waals surface area contributed by atoms with Crippen LogP contribution in [0.1, 0.15) is 0 Å². The molecule has 0 saturated carbocycles. The van der Waals surface area contributed by atoms with Crippen molar-refractivity contribution >= 4 is 6.03 Å². The second-order valence-corrected chi connectivity index (χ2v) is 0.626. The lowest BCUT2D eigenvalue weighted by Gasteiger charge is -1.74. The van der Waals surface area contributed by atoms with Crippen LogP contribution >= 0.6 is 0 Å². The van der Waals surface area contributed by atoms with Crippen molar-refractivity contribution in [2.75, 3.05) is 0 Å². The van der Waals surface area contributed by atoms with Crippen molar-refractivity contribution in [1.82, 2.24) is 12.3 Å². The first kappa shape index (κ1) is 33.3. The molecule has 0 aromatic carbocycles. The molecule has 0 aromatic heterocycles. The molecule has 0 aliphatic carbocycles. The summed E-state index contributed by atoms with van der Waals surface area (Å²) in [6.07, 6.45) is 0. The molecule has 11 heavy (non-hydrogen) atoms. The molecule has 12 N–H and O–H groups in total. The highest BCUT2D eigenvalue weighted by Crippen LogP contribution is 1.44. The highest BCUT2D eigenvalue weighted by Gasteiger charge is 1.60. The first-order chi connectivity index (χ1) is 3.46. The number of amides is 2. The van der Waals surface area contributed by atoms with E-state index in [1.165, 1.54) is 0 Å². The van der Waals surface area contributed by atoms with E-state index in [1.807, 2.05) is 0 Å². The normalized spacial score (nSPS) is 4.36. The standard InChI is InChI=1S/CH4N2O.ClH.NO3.2H3N/c2-1(3)4;;2-1(3)4;;/h(H4,2,3,4);1H;;2*1H3/q;;-1;;/p+1. The minimum atomic E-state index is -1.75. The summed E-state index contributed by atoms with van der Waals surface area (Å²) in [7, 11) is 0. The number of primary amides is 2. The van der Waals surface area contributed by atoms with Crippen LogP contribution in [-0.2, 0) is 0 Å². The quantitative estimate of drug-likeness (QED) is 0.228. The molecule has 0 fully saturated rings. The van der Waals surface area contributed by atoms with Gasteiger partial charge < -0.3 is 51.5 Å². The van der Waals surface area contributed by atoms with Crippen LogP contribution in [0.15, 0.2) is 0 Å². The van der Waals surface area contributed by atoms with Crippen molar-refractivity contribution in [1.29, 1.82) is 0 Å². The van der Waals surface area contributed by atoms with Crippen LogP contribution < -0.4 is 36.2 Å². The third kappa shape index (κ3) is 222. The van der Waals surface area contributed by atoms with Gasteiger partial charge in [-0.15, -0.1) is 0 Å². The molecule has 0 aliphatic rings. The number of rotatable bonds is 0. The lowest BCUT2D eigenvalue weighted by atomic mass is 11.2. The summed E-state index contributed by atoms with van der Waals surface area (Å²) in [4.78, 5) is 17.2. The summed E-state index contributed by atoms with van der Waals surface area (Å²) >= 11 is 0. The van der Waals surface area contributed by atoms with Crippen LogP contribution in [0.2, 0.25) is 0 Å². The lowest BCUT2D eigenvalue weighted by Crippen LogP contribution is -3.00. The first-order valence-corrected chi connectivity index (χ1v) is 1.33. The minimum absolute atomic E-state index is 0. The molecule has 9 nitrogen and oxygen atoms in total. The lowest BCUT2D eigenvalue weighted by molar-refractivity contribution is -0.402. The summed E-state index contributed by atoms with van der Waals surface area (Å²) < 4.78 is 0. The Morgan fingerprint density at radius 1 is 1.18 bits per heavy atom. The van der Waals surface area contributed by atoms with E-state index in [0.717, 1.165) is 0 Å². The van der Waals surface area contributed by atoms with Gasteiger partial charge in [-0.05, 0) is 0 Å². The van der Waals surface area contributed by atoms with Crippen LogP contribution in [0.4, 0.5) is 4.79 Å². The molecule has 0 aromatic rings. The van der Waals surface area contributed by atoms with Crippen molar-refractivity contribution in [3.63, 3.8) is 0 Å². The summed E-state index contributed by atoms with van der Waals surface area (Å²) in [6, 6.07) is -0.833. The van der Waals surface area contributed by atoms with Gasteiger partial charge in [0.2, 0.25) is 0 Å². The number of urea groups is 1. The van der Waals surface area contributed by atoms with Gasteiger partial charge in [0, 0.05) is 0 Å². The van der Waals surface area contributed by atoms with E-state index in [9.17, 15) is 0 Å². The van der Waals surface area contributed by atoms with Crippen molar-refractivity contribution in [3.8, 4) is 0 Å². The Bertz CT molecular complexity index is 76.5. The fourth-order valence-electron chi connectivity index (χ4n) is 0. The number of quaternary nitrogens is 2. The molecular weight excluding hydrogens is 181 g/mol. The minimum Gasteiger partial charge on any atom is -1.00 e. The molecule has 0 bridgehead atoms. The molecule has 0 spiro atoms. The molecular formula is CH12ClN5O4. The van der Waals surface area contributed by atoms with Gasteiger partial charge in [-0.3, -0.25) is 0 Å². The number of hydrogen-bond donors (Lipinski definition) is 4. The molecule has 0 radical (unpaired) electrons. The topological polar surface area (TPSA) is 208 Å². The van der Waals surface area contributed by atoms with Gasteiger partial charge in [0.1, 0.15) is 0 Å². The third-order valence-corrected chi connectivity index (χ3v) is 0. The zero-order valence-electron chi connectivity index (χ0n) is 6.11. The van der Waals surface area contributed by atoms with E-state index >= 15 is 0 Å². The summed E-state index contributed by atoms with van der Waals surface area (Å²) in [5.41, 5.74) is 8.50. The maximum Gasteiger partial charge on any atom is 0.309 e. The second kappa shape index (κ2) is 23.4. The molecule has 0 heterocycles. The third-order valence-electron chi connectivity index (χ3n) is 0. The monoisotopic (exact) mass is 193 g/mol. The molecule has 10 heteroatoms. The molecule has 72 valence electrons. The highest BCUT2D eigenvalue weighted by atomic mass is 35.5. The highest BCUT2D eigenvalue weighted by molar-refractivity contribution is 5.69. The van der Waals surface area contributed by atoms with Gasteiger partial charge in [-0.25, -0.2) is 4.79 Å². The number of carbonyl (C=O) groups is 1. The van der Waals surface area contributed by atoms with Crippen molar-refractivity contribution in [2.24, 2.45) is 11.5 Å². The van der Waals surface area contributed by atoms with Crippen LogP contribution in [-0.4, -0.2) is 11.1 Å². The summed E-state index contributed by atoms with van der Waals surface area (Å²) in [6.45, 7) is 0. The fourth-order valence-corrected chi connectivity index (χ4v) is 0. The zero-order valence-corrected chi connectivity index (χ0v) is 6.87. The van der Waals surface area contributed by atoms with Crippen LogP contribution in [0.25, 0.3) is 0 Å². The van der Waals surface area contributed by atoms with E-state index in [-0.39, 0.29) is 24.7 Å². The Morgan fingerprint density at radius 2 is 1.18 bits per heavy atom. The molecule has 0 aliphatic heterocycles. The summed E-state index contributed by atoms with van der Waals surface area (Å²) in [5, 5.41) is 14.8. The zero-order chi connectivity index (χ0) is 7.15. The molecule has 0 unspecified atom stereocenters. The molecule has 0 saturated heterocycles. The predicted octanol–water partition coefficient (Wildman–Crippen LogP) is -3.46. The number of nitrogens with two attached hydrogens (primary N) is 2. The van der Waals surface area contributed by atoms with E-state index in [2.05, 4.69) is 11.5 Å². The maximum absolute atomic E-state index is 9.00. The number of halogens is 1. The van der Waals surface area contributed by atoms with Gasteiger partial charge in [-0.2, -0.15) is 0 Å². The summed E-state index contributed by atoms with van der Waals surface area (Å²) in [5.74, 6) is 0. The fraction of sp³-hybridized carbons (Fsp3) is 0. The van der Waals surface area contributed by atoms with Gasteiger partial charge in [-0.1, -0.05) is 0 Å². The van der Waals surface area contributed by atoms with Gasteiger partial charge in [0.25, 0.3) is 0 Å². The van der Waals surface area contributed by atoms with Gasteiger partial charge in [0.15, 0.2) is 0 Å². The smallest absolute Gasteiger partial charge is 0.309 e. The SMILES string of the molecule is NC(N)=O.O=[N+]([O-])[O-].[Cl-].[NH4+].[NH4+]. The maximum atomic E-state index is 9.00. The van der Waals surface area contributed by atoms with E-state index in [4.69, 9.17) is 20.1 Å². The Hall–Kier alpha value is -1.32. The van der Waals surface area contributed by atoms with Crippen molar-refractivity contribution < 1.29 is 22.3 Å². The average molecular weight is 194 g/mol. The van der Waals surface area contributed by atoms with Crippen LogP contribution in [0.3, 0.4) is 0 Å². The Balaban J connectivity index is -0.0000000171. The van der Waals surface area contributed by atoms with Gasteiger partial charge in [0.05, 0.1) is 5.09 Å². The Morgan fingerprint density at radius 3 is 1.18 bits per heavy atom. The largest absolute Gasteiger partial charge is 1.00 e. The molecule has 0 atom stereocenters. The van der Waals surface area contributed by atoms with E-state index in [1.54, 1.807) is 0 Å². The second-order valence-electron chi connectivity index (χ2n) is 0.626. The first-order valence-electron chi connectivity index (χ1n) is 1.33. The van der Waals surface area contributed by atoms with E-state index < -0.39 is 11.1 Å². The molecule has 2 amide bonds. The van der Waals surface area contributed by atoms with E-state index in [0.29, 0.717) is 0 Å². The average Bonchev–Trinajstić information content (AvgIpc) is 1.25. The Kier molecular flexibility index (Phi) is 70.8. The van der Waals surface area contributed by atoms with Crippen molar-refractivity contribution in [2.45, 2.75) is 0 Å². The predicted molar refractivity (Wildman–Crippen MR) is 36.1 cm³/mol. The number of hydrogen-bond acceptors (Lipinski definition) is 4. The van der Waals surface area contributed by atoms with Crippen molar-refractivity contribution in [3.05, 3.63) is 15.3 Å². The Labute approximate surface area is 68.4 Å². The number of carbonyl (C=O) groups excluding carboxylic acids is 1. The number of nitrogens with zero attached hydrogens (tertiary/aromatic N) is 1. The van der Waals surface area contributed by atoms with Gasteiger partial charge >= 0.3 is 6.03 Å². The van der Waals surface area contributed by atoms with Crippen LogP contribution in [0, 0.1) is 15.3 Å².